The number of fused-ring (bicyclic) bond motifs is 1. The Balaban J connectivity index is 1.97. The third-order valence-electron chi connectivity index (χ3n) is 4.67. The van der Waals surface area contributed by atoms with E-state index in [9.17, 15) is 4.79 Å². The molecule has 5 nitrogen and oxygen atoms in total. The van der Waals surface area contributed by atoms with Gasteiger partial charge in [-0.1, -0.05) is 0 Å². The van der Waals surface area contributed by atoms with Crippen LogP contribution in [0.1, 0.15) is 41.6 Å². The highest BCUT2D eigenvalue weighted by Gasteiger charge is 2.21. The van der Waals surface area contributed by atoms with Crippen molar-refractivity contribution in [2.24, 2.45) is 0 Å². The number of hydrogen-bond acceptors (Lipinski definition) is 4. The highest BCUT2D eigenvalue weighted by atomic mass is 16.5. The molecule has 27 heavy (non-hydrogen) atoms. The molecule has 2 heterocycles. The smallest absolute Gasteiger partial charge is 0.338 e. The van der Waals surface area contributed by atoms with Crippen molar-refractivity contribution in [3.05, 3.63) is 65.5 Å². The summed E-state index contributed by atoms with van der Waals surface area (Å²) in [6.45, 7) is 6.10. The molecule has 1 atom stereocenters. The molecular weight excluding hydrogens is 340 g/mol. The maximum absolute atomic E-state index is 12.4. The Morgan fingerprint density at radius 1 is 1.19 bits per heavy atom. The fourth-order valence-electron chi connectivity index (χ4n) is 3.31. The Labute approximate surface area is 160 Å². The lowest BCUT2D eigenvalue weighted by atomic mass is 10.0. The molecule has 0 spiro atoms. The average Bonchev–Trinajstić information content (AvgIpc) is 3.09. The minimum atomic E-state index is -0.303. The van der Waals surface area contributed by atoms with E-state index >= 15 is 0 Å². The molecule has 0 saturated heterocycles. The van der Waals surface area contributed by atoms with Gasteiger partial charge in [-0.25, -0.2) is 4.79 Å². The van der Waals surface area contributed by atoms with Gasteiger partial charge in [-0.15, -0.1) is 0 Å². The standard InChI is InChI=1S/C22H26N2O3/c1-6-26-22(25)20-14-18-8-7-13-24(18)21(15(20)2)16(3)27-19-11-9-17(10-12-19)23(4)5/h7-14,16H,6H2,1-5H3. The van der Waals surface area contributed by atoms with Crippen molar-refractivity contribution in [2.45, 2.75) is 26.9 Å². The normalized spacial score (nSPS) is 12.0. The van der Waals surface area contributed by atoms with Crippen LogP contribution in [0, 0.1) is 6.92 Å². The van der Waals surface area contributed by atoms with Crippen LogP contribution in [-0.4, -0.2) is 31.1 Å². The molecule has 0 N–H and O–H groups in total. The van der Waals surface area contributed by atoms with Crippen LogP contribution in [0.3, 0.4) is 0 Å². The van der Waals surface area contributed by atoms with Crippen LogP contribution in [0.5, 0.6) is 5.75 Å². The van der Waals surface area contributed by atoms with E-state index in [2.05, 4.69) is 4.40 Å². The molecule has 1 aromatic carbocycles. The van der Waals surface area contributed by atoms with Crippen LogP contribution in [0.4, 0.5) is 5.69 Å². The van der Waals surface area contributed by atoms with Crippen molar-refractivity contribution in [3.8, 4) is 5.75 Å². The van der Waals surface area contributed by atoms with Gasteiger partial charge in [0, 0.05) is 31.5 Å². The van der Waals surface area contributed by atoms with Crippen LogP contribution in [0.2, 0.25) is 0 Å². The van der Waals surface area contributed by atoms with Crippen LogP contribution in [0.15, 0.2) is 48.7 Å². The molecule has 0 radical (unpaired) electrons. The molecule has 1 unspecified atom stereocenters. The van der Waals surface area contributed by atoms with Gasteiger partial charge in [0.1, 0.15) is 11.9 Å². The van der Waals surface area contributed by atoms with Gasteiger partial charge in [-0.05, 0) is 68.8 Å². The number of hydrogen-bond donors (Lipinski definition) is 0. The van der Waals surface area contributed by atoms with Gasteiger partial charge in [0.15, 0.2) is 0 Å². The van der Waals surface area contributed by atoms with Crippen molar-refractivity contribution in [3.63, 3.8) is 0 Å². The first-order chi connectivity index (χ1) is 12.9. The van der Waals surface area contributed by atoms with Gasteiger partial charge < -0.3 is 18.8 Å². The van der Waals surface area contributed by atoms with Crippen LogP contribution >= 0.6 is 0 Å². The number of ether oxygens (including phenoxy) is 2. The Hall–Kier alpha value is -2.95. The van der Waals surface area contributed by atoms with E-state index in [0.29, 0.717) is 12.2 Å². The number of esters is 1. The monoisotopic (exact) mass is 366 g/mol. The summed E-state index contributed by atoms with van der Waals surface area (Å²) >= 11 is 0. The molecule has 3 rings (SSSR count). The van der Waals surface area contributed by atoms with E-state index in [1.807, 2.05) is 88.4 Å². The number of benzene rings is 1. The molecule has 2 aromatic heterocycles. The van der Waals surface area contributed by atoms with Crippen molar-refractivity contribution >= 4 is 17.2 Å². The summed E-state index contributed by atoms with van der Waals surface area (Å²) < 4.78 is 13.5. The van der Waals surface area contributed by atoms with Crippen LogP contribution in [0.25, 0.3) is 5.52 Å². The summed E-state index contributed by atoms with van der Waals surface area (Å²) in [4.78, 5) is 14.4. The molecule has 3 aromatic rings. The zero-order valence-corrected chi connectivity index (χ0v) is 16.5. The second-order valence-electron chi connectivity index (χ2n) is 6.74. The van der Waals surface area contributed by atoms with Crippen molar-refractivity contribution in [1.29, 1.82) is 0 Å². The summed E-state index contributed by atoms with van der Waals surface area (Å²) in [5.74, 6) is 0.483. The maximum atomic E-state index is 12.4. The van der Waals surface area contributed by atoms with Crippen molar-refractivity contribution < 1.29 is 14.3 Å². The number of rotatable bonds is 6. The van der Waals surface area contributed by atoms with Gasteiger partial charge >= 0.3 is 5.97 Å². The third-order valence-corrected chi connectivity index (χ3v) is 4.67. The summed E-state index contributed by atoms with van der Waals surface area (Å²) in [6, 6.07) is 13.8. The summed E-state index contributed by atoms with van der Waals surface area (Å²) in [5.41, 5.74) is 4.45. The molecular formula is C22H26N2O3. The first kappa shape index (κ1) is 18.8. The van der Waals surface area contributed by atoms with E-state index in [-0.39, 0.29) is 12.1 Å². The number of aromatic nitrogens is 1. The zero-order chi connectivity index (χ0) is 19.6. The molecule has 0 amide bonds. The van der Waals surface area contributed by atoms with E-state index in [4.69, 9.17) is 9.47 Å². The van der Waals surface area contributed by atoms with E-state index in [1.165, 1.54) is 0 Å². The highest BCUT2D eigenvalue weighted by Crippen LogP contribution is 2.29. The Morgan fingerprint density at radius 3 is 2.52 bits per heavy atom. The fourth-order valence-corrected chi connectivity index (χ4v) is 3.31. The molecule has 0 bridgehead atoms. The van der Waals surface area contributed by atoms with Gasteiger partial charge in [0.05, 0.1) is 17.9 Å². The maximum Gasteiger partial charge on any atom is 0.338 e. The Morgan fingerprint density at radius 2 is 1.89 bits per heavy atom. The quantitative estimate of drug-likeness (QED) is 0.597. The lowest BCUT2D eigenvalue weighted by Gasteiger charge is -2.21. The van der Waals surface area contributed by atoms with Gasteiger partial charge in [-0.2, -0.15) is 0 Å². The van der Waals surface area contributed by atoms with E-state index in [0.717, 1.165) is 28.2 Å². The Kier molecular flexibility index (Phi) is 5.40. The van der Waals surface area contributed by atoms with E-state index in [1.54, 1.807) is 0 Å². The fraction of sp³-hybridized carbons (Fsp3) is 0.318. The lowest BCUT2D eigenvalue weighted by molar-refractivity contribution is 0.0525. The number of pyridine rings is 1. The Bertz CT molecular complexity index is 942. The highest BCUT2D eigenvalue weighted by molar-refractivity contribution is 5.92. The topological polar surface area (TPSA) is 43.2 Å². The first-order valence-electron chi connectivity index (χ1n) is 9.14. The zero-order valence-electron chi connectivity index (χ0n) is 16.5. The molecule has 0 aliphatic carbocycles. The predicted molar refractivity (Wildman–Crippen MR) is 108 cm³/mol. The van der Waals surface area contributed by atoms with Crippen LogP contribution in [-0.2, 0) is 4.74 Å². The summed E-state index contributed by atoms with van der Waals surface area (Å²) in [5, 5.41) is 0. The van der Waals surface area contributed by atoms with Gasteiger partial charge in [-0.3, -0.25) is 0 Å². The molecule has 0 aliphatic rings. The second kappa shape index (κ2) is 7.74. The predicted octanol–water partition coefficient (Wildman–Crippen LogP) is 4.63. The van der Waals surface area contributed by atoms with Crippen molar-refractivity contribution in [1.82, 2.24) is 4.40 Å². The number of nitrogens with zero attached hydrogens (tertiary/aromatic N) is 2. The molecule has 5 heteroatoms. The number of carbonyl (C=O) groups excluding carboxylic acids is 1. The minimum absolute atomic E-state index is 0.237. The number of carbonyl (C=O) groups is 1. The molecule has 0 aliphatic heterocycles. The van der Waals surface area contributed by atoms with Crippen molar-refractivity contribution in [2.75, 3.05) is 25.6 Å². The van der Waals surface area contributed by atoms with E-state index < -0.39 is 0 Å². The molecule has 0 fully saturated rings. The largest absolute Gasteiger partial charge is 0.484 e. The third kappa shape index (κ3) is 3.77. The first-order valence-corrected chi connectivity index (χ1v) is 9.14. The van der Waals surface area contributed by atoms with Gasteiger partial charge in [0.2, 0.25) is 0 Å². The summed E-state index contributed by atoms with van der Waals surface area (Å²) in [7, 11) is 4.01. The SMILES string of the molecule is CCOC(=O)c1cc2cccn2c(C(C)Oc2ccc(N(C)C)cc2)c1C. The lowest BCUT2D eigenvalue weighted by Crippen LogP contribution is -2.15. The minimum Gasteiger partial charge on any atom is -0.484 e. The number of anilines is 1. The van der Waals surface area contributed by atoms with Crippen LogP contribution < -0.4 is 9.64 Å². The van der Waals surface area contributed by atoms with Gasteiger partial charge in [0.25, 0.3) is 0 Å². The molecule has 142 valence electrons. The molecule has 0 saturated carbocycles. The summed E-state index contributed by atoms with van der Waals surface area (Å²) in [6.07, 6.45) is 1.75. The average molecular weight is 366 g/mol. The second-order valence-corrected chi connectivity index (χ2v) is 6.74.